The number of anilines is 1. The molecule has 0 bridgehead atoms. The van der Waals surface area contributed by atoms with Gasteiger partial charge < -0.3 is 10.4 Å². The minimum absolute atomic E-state index is 0.122. The van der Waals surface area contributed by atoms with Crippen LogP contribution in [0, 0.1) is 0 Å². The molecule has 0 radical (unpaired) electrons. The molecular formula is C17H17N5O2S2. The molecule has 2 heterocycles. The first-order valence-electron chi connectivity index (χ1n) is 7.79. The number of phenols is 1. The Morgan fingerprint density at radius 3 is 2.96 bits per heavy atom. The fourth-order valence-corrected chi connectivity index (χ4v) is 3.63. The number of aromatic nitrogens is 4. The maximum absolute atomic E-state index is 12.3. The summed E-state index contributed by atoms with van der Waals surface area (Å²) in [5, 5.41) is 23.8. The molecule has 9 heteroatoms. The summed E-state index contributed by atoms with van der Waals surface area (Å²) < 4.78 is 1.82. The van der Waals surface area contributed by atoms with E-state index in [2.05, 4.69) is 27.1 Å². The van der Waals surface area contributed by atoms with Gasteiger partial charge in [-0.1, -0.05) is 30.0 Å². The molecule has 7 nitrogen and oxygen atoms in total. The predicted molar refractivity (Wildman–Crippen MR) is 103 cm³/mol. The number of carbonyl (C=O) groups excluding carboxylic acids is 1. The minimum atomic E-state index is -0.399. The SMILES string of the molecule is C=CCn1c(SC(C)C(=O)Nc2nccs2)nnc1-c1ccccc1O. The van der Waals surface area contributed by atoms with Crippen molar-refractivity contribution in [3.8, 4) is 17.1 Å². The second-order valence-corrected chi connectivity index (χ2v) is 7.51. The van der Waals surface area contributed by atoms with Crippen LogP contribution in [0.1, 0.15) is 6.92 Å². The van der Waals surface area contributed by atoms with Gasteiger partial charge in [0, 0.05) is 18.1 Å². The van der Waals surface area contributed by atoms with Gasteiger partial charge in [0.25, 0.3) is 0 Å². The van der Waals surface area contributed by atoms with Crippen LogP contribution >= 0.6 is 23.1 Å². The number of thiazole rings is 1. The molecule has 1 amide bonds. The molecule has 2 N–H and O–H groups in total. The zero-order valence-corrected chi connectivity index (χ0v) is 15.6. The van der Waals surface area contributed by atoms with Crippen molar-refractivity contribution in [3.05, 3.63) is 48.5 Å². The Morgan fingerprint density at radius 1 is 1.46 bits per heavy atom. The highest BCUT2D eigenvalue weighted by molar-refractivity contribution is 8.00. The Bertz CT molecular complexity index is 908. The first-order chi connectivity index (χ1) is 12.6. The van der Waals surface area contributed by atoms with E-state index in [0.717, 1.165) is 0 Å². The molecule has 0 saturated heterocycles. The third kappa shape index (κ3) is 3.94. The summed E-state index contributed by atoms with van der Waals surface area (Å²) >= 11 is 2.65. The van der Waals surface area contributed by atoms with E-state index in [4.69, 9.17) is 0 Å². The molecule has 1 atom stereocenters. The molecule has 0 aliphatic heterocycles. The van der Waals surface area contributed by atoms with Crippen LogP contribution in [0.3, 0.4) is 0 Å². The molecule has 3 rings (SSSR count). The zero-order valence-electron chi connectivity index (χ0n) is 14.0. The number of allylic oxidation sites excluding steroid dienone is 1. The van der Waals surface area contributed by atoms with E-state index in [1.54, 1.807) is 42.8 Å². The van der Waals surface area contributed by atoms with Crippen molar-refractivity contribution in [2.24, 2.45) is 0 Å². The number of rotatable bonds is 7. The summed E-state index contributed by atoms with van der Waals surface area (Å²) in [5.74, 6) is 0.483. The van der Waals surface area contributed by atoms with Crippen molar-refractivity contribution in [1.82, 2.24) is 19.7 Å². The van der Waals surface area contributed by atoms with Crippen molar-refractivity contribution in [3.63, 3.8) is 0 Å². The fourth-order valence-electron chi connectivity index (χ4n) is 2.24. The molecule has 3 aromatic rings. The largest absolute Gasteiger partial charge is 0.507 e. The van der Waals surface area contributed by atoms with Gasteiger partial charge in [0.05, 0.1) is 10.8 Å². The third-order valence-electron chi connectivity index (χ3n) is 3.49. The van der Waals surface area contributed by atoms with Crippen molar-refractivity contribution in [2.75, 3.05) is 5.32 Å². The Hall–Kier alpha value is -2.65. The van der Waals surface area contributed by atoms with Crippen LogP contribution in [0.15, 0.2) is 53.7 Å². The minimum Gasteiger partial charge on any atom is -0.507 e. The quantitative estimate of drug-likeness (QED) is 0.477. The van der Waals surface area contributed by atoms with Crippen LogP contribution in [-0.4, -0.2) is 36.0 Å². The number of aromatic hydroxyl groups is 1. The number of benzene rings is 1. The van der Waals surface area contributed by atoms with E-state index in [1.165, 1.54) is 23.1 Å². The lowest BCUT2D eigenvalue weighted by Gasteiger charge is -2.12. The second-order valence-electron chi connectivity index (χ2n) is 5.31. The summed E-state index contributed by atoms with van der Waals surface area (Å²) in [4.78, 5) is 16.4. The first-order valence-corrected chi connectivity index (χ1v) is 9.55. The Balaban J connectivity index is 1.82. The number of hydrogen-bond acceptors (Lipinski definition) is 7. The third-order valence-corrected chi connectivity index (χ3v) is 5.26. The highest BCUT2D eigenvalue weighted by atomic mass is 32.2. The average molecular weight is 387 g/mol. The molecule has 0 fully saturated rings. The molecule has 1 unspecified atom stereocenters. The molecule has 1 aromatic carbocycles. The van der Waals surface area contributed by atoms with E-state index < -0.39 is 5.25 Å². The number of amides is 1. The lowest BCUT2D eigenvalue weighted by Crippen LogP contribution is -2.22. The van der Waals surface area contributed by atoms with Gasteiger partial charge in [-0.05, 0) is 19.1 Å². The smallest absolute Gasteiger partial charge is 0.239 e. The van der Waals surface area contributed by atoms with Crippen molar-refractivity contribution in [2.45, 2.75) is 23.9 Å². The van der Waals surface area contributed by atoms with Crippen molar-refractivity contribution >= 4 is 34.1 Å². The number of hydrogen-bond donors (Lipinski definition) is 2. The van der Waals surface area contributed by atoms with E-state index in [9.17, 15) is 9.90 Å². The molecule has 0 aliphatic rings. The van der Waals surface area contributed by atoms with E-state index >= 15 is 0 Å². The number of thioether (sulfide) groups is 1. The van der Waals surface area contributed by atoms with Gasteiger partial charge in [-0.3, -0.25) is 9.36 Å². The maximum atomic E-state index is 12.3. The van der Waals surface area contributed by atoms with E-state index in [-0.39, 0.29) is 11.7 Å². The zero-order chi connectivity index (χ0) is 18.5. The van der Waals surface area contributed by atoms with Gasteiger partial charge >= 0.3 is 0 Å². The summed E-state index contributed by atoms with van der Waals surface area (Å²) in [6, 6.07) is 6.93. The number of phenolic OH excluding ortho intramolecular Hbond substituents is 1. The highest BCUT2D eigenvalue weighted by Gasteiger charge is 2.22. The van der Waals surface area contributed by atoms with Gasteiger partial charge in [0.15, 0.2) is 16.1 Å². The fraction of sp³-hybridized carbons (Fsp3) is 0.176. The van der Waals surface area contributed by atoms with Crippen LogP contribution in [-0.2, 0) is 11.3 Å². The number of para-hydroxylation sites is 1. The summed E-state index contributed by atoms with van der Waals surface area (Å²) in [5.41, 5.74) is 0.577. The number of nitrogens with zero attached hydrogens (tertiary/aromatic N) is 4. The molecule has 0 aliphatic carbocycles. The van der Waals surface area contributed by atoms with Crippen LogP contribution in [0.2, 0.25) is 0 Å². The summed E-state index contributed by atoms with van der Waals surface area (Å²) in [6.07, 6.45) is 3.36. The van der Waals surface area contributed by atoms with E-state index in [1.807, 2.05) is 10.6 Å². The first kappa shape index (κ1) is 18.2. The standard InChI is InChI=1S/C17H17N5O2S2/c1-3-9-22-14(12-6-4-5-7-13(12)23)20-21-17(22)26-11(2)15(24)19-16-18-8-10-25-16/h3-8,10-11,23H,1,9H2,2H3,(H,18,19,24). The molecule has 0 spiro atoms. The Kier molecular flexibility index (Phi) is 5.69. The lowest BCUT2D eigenvalue weighted by molar-refractivity contribution is -0.115. The molecule has 0 saturated carbocycles. The predicted octanol–water partition coefficient (Wildman–Crippen LogP) is 3.41. The molecule has 134 valence electrons. The highest BCUT2D eigenvalue weighted by Crippen LogP contribution is 2.31. The van der Waals surface area contributed by atoms with Gasteiger partial charge in [0.2, 0.25) is 5.91 Å². The lowest BCUT2D eigenvalue weighted by atomic mass is 10.2. The van der Waals surface area contributed by atoms with E-state index in [0.29, 0.717) is 28.2 Å². The summed E-state index contributed by atoms with van der Waals surface area (Å²) in [7, 11) is 0. The topological polar surface area (TPSA) is 92.9 Å². The van der Waals surface area contributed by atoms with Crippen molar-refractivity contribution in [1.29, 1.82) is 0 Å². The molecular weight excluding hydrogens is 370 g/mol. The van der Waals surface area contributed by atoms with Crippen LogP contribution in [0.4, 0.5) is 5.13 Å². The Morgan fingerprint density at radius 2 is 2.27 bits per heavy atom. The van der Waals surface area contributed by atoms with Crippen LogP contribution < -0.4 is 5.32 Å². The van der Waals surface area contributed by atoms with Crippen LogP contribution in [0.25, 0.3) is 11.4 Å². The van der Waals surface area contributed by atoms with Gasteiger partial charge in [-0.2, -0.15) is 0 Å². The normalized spacial score (nSPS) is 11.9. The molecule has 26 heavy (non-hydrogen) atoms. The average Bonchev–Trinajstić information content (AvgIpc) is 3.26. The molecule has 2 aromatic heterocycles. The van der Waals surface area contributed by atoms with Crippen LogP contribution in [0.5, 0.6) is 5.75 Å². The maximum Gasteiger partial charge on any atom is 0.239 e. The summed E-state index contributed by atoms with van der Waals surface area (Å²) in [6.45, 7) is 6.01. The van der Waals surface area contributed by atoms with Gasteiger partial charge in [-0.15, -0.1) is 28.1 Å². The monoisotopic (exact) mass is 387 g/mol. The van der Waals surface area contributed by atoms with Gasteiger partial charge in [-0.25, -0.2) is 4.98 Å². The van der Waals surface area contributed by atoms with Crippen molar-refractivity contribution < 1.29 is 9.90 Å². The number of nitrogens with one attached hydrogen (secondary N) is 1. The van der Waals surface area contributed by atoms with Gasteiger partial charge in [0.1, 0.15) is 5.75 Å². The number of carbonyl (C=O) groups is 1. The second kappa shape index (κ2) is 8.15. The Labute approximate surface area is 158 Å².